The molecule has 0 spiro atoms. The third kappa shape index (κ3) is 4.83. The van der Waals surface area contributed by atoms with Crippen LogP contribution in [-0.2, 0) is 12.0 Å². The standard InChI is InChI=1S/C19H24F2N4O3/c1-19(2,3)17-22-15(28-23-17)12-24-8-10-25(11-9-24)16(26)13-6-4-5-7-14(13)27-18(20)21/h4-7,18H,8-12H2,1-3H3. The number of amides is 1. The summed E-state index contributed by atoms with van der Waals surface area (Å²) >= 11 is 0. The van der Waals surface area contributed by atoms with Crippen LogP contribution in [0, 0.1) is 0 Å². The smallest absolute Gasteiger partial charge is 0.387 e. The Morgan fingerprint density at radius 3 is 2.50 bits per heavy atom. The molecule has 9 heteroatoms. The number of rotatable bonds is 5. The van der Waals surface area contributed by atoms with Crippen molar-refractivity contribution in [1.82, 2.24) is 19.9 Å². The number of hydrogen-bond donors (Lipinski definition) is 0. The van der Waals surface area contributed by atoms with Crippen molar-refractivity contribution in [3.8, 4) is 5.75 Å². The van der Waals surface area contributed by atoms with Gasteiger partial charge >= 0.3 is 6.61 Å². The number of halogens is 2. The number of para-hydroxylation sites is 1. The van der Waals surface area contributed by atoms with Gasteiger partial charge in [-0.3, -0.25) is 9.69 Å². The predicted octanol–water partition coefficient (Wildman–Crippen LogP) is 2.93. The molecule has 1 aliphatic heterocycles. The molecule has 0 bridgehead atoms. The third-order valence-corrected chi connectivity index (χ3v) is 4.49. The number of carbonyl (C=O) groups is 1. The first-order chi connectivity index (χ1) is 13.2. The van der Waals surface area contributed by atoms with E-state index in [2.05, 4.69) is 19.8 Å². The lowest BCUT2D eigenvalue weighted by Crippen LogP contribution is -2.48. The second kappa shape index (κ2) is 8.22. The Morgan fingerprint density at radius 2 is 1.89 bits per heavy atom. The summed E-state index contributed by atoms with van der Waals surface area (Å²) in [6.07, 6.45) is 0. The number of nitrogens with zero attached hydrogens (tertiary/aromatic N) is 4. The number of piperazine rings is 1. The van der Waals surface area contributed by atoms with E-state index in [4.69, 9.17) is 4.52 Å². The molecule has 0 atom stereocenters. The molecule has 0 saturated carbocycles. The van der Waals surface area contributed by atoms with Gasteiger partial charge in [0.25, 0.3) is 5.91 Å². The molecule has 1 aliphatic rings. The molecule has 0 N–H and O–H groups in total. The van der Waals surface area contributed by atoms with Crippen LogP contribution >= 0.6 is 0 Å². The van der Waals surface area contributed by atoms with Crippen LogP contribution in [0.3, 0.4) is 0 Å². The second-order valence-corrected chi connectivity index (χ2v) is 7.70. The Labute approximate surface area is 162 Å². The highest BCUT2D eigenvalue weighted by Gasteiger charge is 2.27. The van der Waals surface area contributed by atoms with Gasteiger partial charge in [-0.15, -0.1) is 0 Å². The van der Waals surface area contributed by atoms with Crippen LogP contribution in [0.2, 0.25) is 0 Å². The van der Waals surface area contributed by atoms with Crippen molar-refractivity contribution in [3.63, 3.8) is 0 Å². The van der Waals surface area contributed by atoms with E-state index in [9.17, 15) is 13.6 Å². The predicted molar refractivity (Wildman–Crippen MR) is 97.3 cm³/mol. The van der Waals surface area contributed by atoms with E-state index in [-0.39, 0.29) is 22.6 Å². The van der Waals surface area contributed by atoms with Crippen LogP contribution in [0.1, 0.15) is 42.8 Å². The van der Waals surface area contributed by atoms with Crippen LogP contribution in [0.5, 0.6) is 5.75 Å². The van der Waals surface area contributed by atoms with Crippen molar-refractivity contribution in [1.29, 1.82) is 0 Å². The maximum Gasteiger partial charge on any atom is 0.387 e. The molecule has 1 fully saturated rings. The first kappa shape index (κ1) is 20.2. The van der Waals surface area contributed by atoms with Gasteiger partial charge < -0.3 is 14.2 Å². The fourth-order valence-corrected chi connectivity index (χ4v) is 2.94. The van der Waals surface area contributed by atoms with Crippen molar-refractivity contribution in [2.75, 3.05) is 26.2 Å². The van der Waals surface area contributed by atoms with Gasteiger partial charge in [-0.1, -0.05) is 38.1 Å². The zero-order valence-electron chi connectivity index (χ0n) is 16.2. The molecule has 3 rings (SSSR count). The fraction of sp³-hybridized carbons (Fsp3) is 0.526. The summed E-state index contributed by atoms with van der Waals surface area (Å²) in [6, 6.07) is 6.06. The average molecular weight is 394 g/mol. The molecule has 28 heavy (non-hydrogen) atoms. The summed E-state index contributed by atoms with van der Waals surface area (Å²) in [5, 5.41) is 4.02. The van der Waals surface area contributed by atoms with Gasteiger partial charge in [-0.05, 0) is 12.1 Å². The highest BCUT2D eigenvalue weighted by molar-refractivity contribution is 5.97. The lowest BCUT2D eigenvalue weighted by atomic mass is 9.96. The Bertz CT molecular complexity index is 812. The van der Waals surface area contributed by atoms with Gasteiger partial charge in [0.05, 0.1) is 12.1 Å². The van der Waals surface area contributed by atoms with Crippen LogP contribution in [0.25, 0.3) is 0 Å². The molecule has 1 saturated heterocycles. The lowest BCUT2D eigenvalue weighted by Gasteiger charge is -2.34. The van der Waals surface area contributed by atoms with E-state index in [1.165, 1.54) is 12.1 Å². The zero-order chi connectivity index (χ0) is 20.3. The van der Waals surface area contributed by atoms with Crippen LogP contribution in [-0.4, -0.2) is 58.6 Å². The van der Waals surface area contributed by atoms with Crippen LogP contribution in [0.4, 0.5) is 8.78 Å². The van der Waals surface area contributed by atoms with Crippen LogP contribution < -0.4 is 4.74 Å². The summed E-state index contributed by atoms with van der Waals surface area (Å²) in [5.74, 6) is 0.779. The molecule has 1 aromatic heterocycles. The van der Waals surface area contributed by atoms with E-state index < -0.39 is 6.61 Å². The molecule has 0 aliphatic carbocycles. The fourth-order valence-electron chi connectivity index (χ4n) is 2.94. The Morgan fingerprint density at radius 1 is 1.21 bits per heavy atom. The summed E-state index contributed by atoms with van der Waals surface area (Å²) in [5.41, 5.74) is -0.0384. The summed E-state index contributed by atoms with van der Waals surface area (Å²) in [6.45, 7) is 5.78. The van der Waals surface area contributed by atoms with Crippen molar-refractivity contribution in [2.45, 2.75) is 39.3 Å². The lowest BCUT2D eigenvalue weighted by molar-refractivity contribution is -0.0503. The molecule has 152 valence electrons. The number of alkyl halides is 2. The molecular weight excluding hydrogens is 370 g/mol. The molecule has 0 unspecified atom stereocenters. The second-order valence-electron chi connectivity index (χ2n) is 7.70. The maximum absolute atomic E-state index is 12.7. The maximum atomic E-state index is 12.7. The minimum absolute atomic E-state index is 0.106. The molecule has 1 amide bonds. The number of carbonyl (C=O) groups excluding carboxylic acids is 1. The Kier molecular flexibility index (Phi) is 5.93. The van der Waals surface area contributed by atoms with Gasteiger partial charge in [0, 0.05) is 31.6 Å². The van der Waals surface area contributed by atoms with Crippen molar-refractivity contribution >= 4 is 5.91 Å². The first-order valence-corrected chi connectivity index (χ1v) is 9.12. The molecule has 0 radical (unpaired) electrons. The number of hydrogen-bond acceptors (Lipinski definition) is 6. The normalized spacial score (nSPS) is 15.9. The van der Waals surface area contributed by atoms with Gasteiger partial charge in [0.1, 0.15) is 5.75 Å². The first-order valence-electron chi connectivity index (χ1n) is 9.12. The average Bonchev–Trinajstić information content (AvgIpc) is 3.11. The highest BCUT2D eigenvalue weighted by atomic mass is 19.3. The van der Waals surface area contributed by atoms with Gasteiger partial charge in [-0.2, -0.15) is 13.8 Å². The topological polar surface area (TPSA) is 71.7 Å². The molecule has 2 heterocycles. The van der Waals surface area contributed by atoms with E-state index in [1.54, 1.807) is 17.0 Å². The minimum Gasteiger partial charge on any atom is -0.434 e. The molecule has 7 nitrogen and oxygen atoms in total. The SMILES string of the molecule is CC(C)(C)c1noc(CN2CCN(C(=O)c3ccccc3OC(F)F)CC2)n1. The van der Waals surface area contributed by atoms with E-state index in [0.29, 0.717) is 44.4 Å². The summed E-state index contributed by atoms with van der Waals surface area (Å²) in [4.78, 5) is 20.9. The largest absolute Gasteiger partial charge is 0.434 e. The number of aromatic nitrogens is 2. The summed E-state index contributed by atoms with van der Waals surface area (Å²) in [7, 11) is 0. The Balaban J connectivity index is 1.58. The van der Waals surface area contributed by atoms with Crippen molar-refractivity contribution in [2.24, 2.45) is 0 Å². The van der Waals surface area contributed by atoms with Crippen LogP contribution in [0.15, 0.2) is 28.8 Å². The van der Waals surface area contributed by atoms with E-state index in [1.807, 2.05) is 20.8 Å². The van der Waals surface area contributed by atoms with E-state index in [0.717, 1.165) is 0 Å². The Hall–Kier alpha value is -2.55. The minimum atomic E-state index is -2.97. The molecular formula is C19H24F2N4O3. The van der Waals surface area contributed by atoms with E-state index >= 15 is 0 Å². The van der Waals surface area contributed by atoms with Gasteiger partial charge in [0.15, 0.2) is 5.82 Å². The van der Waals surface area contributed by atoms with Crippen molar-refractivity contribution in [3.05, 3.63) is 41.5 Å². The van der Waals surface area contributed by atoms with Crippen molar-refractivity contribution < 1.29 is 22.8 Å². The number of benzene rings is 1. The molecule has 1 aromatic carbocycles. The monoisotopic (exact) mass is 394 g/mol. The zero-order valence-corrected chi connectivity index (χ0v) is 16.2. The van der Waals surface area contributed by atoms with Gasteiger partial charge in [-0.25, -0.2) is 0 Å². The number of ether oxygens (including phenoxy) is 1. The molecule has 2 aromatic rings. The highest BCUT2D eigenvalue weighted by Crippen LogP contribution is 2.23. The van der Waals surface area contributed by atoms with Gasteiger partial charge in [0.2, 0.25) is 5.89 Å². The third-order valence-electron chi connectivity index (χ3n) is 4.49. The summed E-state index contributed by atoms with van der Waals surface area (Å²) < 4.78 is 34.9. The quantitative estimate of drug-likeness (QED) is 0.777.